The molecule has 0 atom stereocenters. The van der Waals surface area contributed by atoms with Gasteiger partial charge in [-0.2, -0.15) is 0 Å². The van der Waals surface area contributed by atoms with Crippen LogP contribution in [0.15, 0.2) is 0 Å². The predicted molar refractivity (Wildman–Crippen MR) is 50.8 cm³/mol. The molecular weight excluding hydrogens is 184 g/mol. The Bertz CT molecular complexity index is 194. The molecule has 1 saturated carbocycles. The van der Waals surface area contributed by atoms with E-state index in [0.29, 0.717) is 0 Å². The molecule has 1 aliphatic rings. The van der Waals surface area contributed by atoms with Gasteiger partial charge in [-0.05, 0) is 39.5 Å². The highest BCUT2D eigenvalue weighted by Gasteiger charge is 2.33. The van der Waals surface area contributed by atoms with Crippen molar-refractivity contribution in [3.8, 4) is 0 Å². The molecule has 0 aliphatic heterocycles. The summed E-state index contributed by atoms with van der Waals surface area (Å²) in [6, 6.07) is 0. The summed E-state index contributed by atoms with van der Waals surface area (Å²) in [6.45, 7) is 2.97. The third-order valence-electron chi connectivity index (χ3n) is 2.55. The number of ether oxygens (including phenoxy) is 1. The van der Waals surface area contributed by atoms with Crippen LogP contribution in [0.5, 0.6) is 0 Å². The quantitative estimate of drug-likeness (QED) is 0.432. The Morgan fingerprint density at radius 1 is 1.29 bits per heavy atom. The summed E-state index contributed by atoms with van der Waals surface area (Å²) in [4.78, 5) is 15.5. The van der Waals surface area contributed by atoms with Crippen molar-refractivity contribution in [2.45, 2.75) is 57.7 Å². The Morgan fingerprint density at radius 2 is 1.86 bits per heavy atom. The van der Waals surface area contributed by atoms with E-state index >= 15 is 0 Å². The molecule has 82 valence electrons. The monoisotopic (exact) mass is 202 g/mol. The van der Waals surface area contributed by atoms with Crippen LogP contribution < -0.4 is 0 Å². The normalized spacial score (nSPS) is 19.4. The minimum absolute atomic E-state index is 0.00525. The maximum Gasteiger partial charge on any atom is 0.341 e. The van der Waals surface area contributed by atoms with Gasteiger partial charge in [0.05, 0.1) is 0 Å². The van der Waals surface area contributed by atoms with Crippen LogP contribution in [0.2, 0.25) is 0 Å². The highest BCUT2D eigenvalue weighted by molar-refractivity contribution is 5.78. The van der Waals surface area contributed by atoms with Crippen LogP contribution in [0.3, 0.4) is 0 Å². The Labute approximate surface area is 84.1 Å². The van der Waals surface area contributed by atoms with E-state index in [0.717, 1.165) is 25.7 Å². The largest absolute Gasteiger partial charge is 0.460 e. The molecule has 0 unspecified atom stereocenters. The third-order valence-corrected chi connectivity index (χ3v) is 2.55. The summed E-state index contributed by atoms with van der Waals surface area (Å²) in [5.41, 5.74) is -1.25. The van der Waals surface area contributed by atoms with Crippen LogP contribution in [0.4, 0.5) is 0 Å². The van der Waals surface area contributed by atoms with E-state index in [1.165, 1.54) is 20.3 Å². The van der Waals surface area contributed by atoms with E-state index < -0.39 is 11.6 Å². The Kier molecular flexibility index (Phi) is 3.89. The highest BCUT2D eigenvalue weighted by Crippen LogP contribution is 2.22. The van der Waals surface area contributed by atoms with Crippen molar-refractivity contribution in [3.05, 3.63) is 0 Å². The molecule has 0 bridgehead atoms. The van der Waals surface area contributed by atoms with E-state index in [-0.39, 0.29) is 6.10 Å². The van der Waals surface area contributed by atoms with Gasteiger partial charge in [0.25, 0.3) is 0 Å². The van der Waals surface area contributed by atoms with Gasteiger partial charge >= 0.3 is 5.97 Å². The molecule has 14 heavy (non-hydrogen) atoms. The predicted octanol–water partition coefficient (Wildman–Crippen LogP) is 2.13. The molecule has 0 aromatic rings. The Morgan fingerprint density at radius 3 is 2.36 bits per heavy atom. The van der Waals surface area contributed by atoms with Crippen molar-refractivity contribution in [1.29, 1.82) is 0 Å². The lowest BCUT2D eigenvalue weighted by atomic mass is 9.97. The maximum absolute atomic E-state index is 11.5. The van der Waals surface area contributed by atoms with Gasteiger partial charge in [-0.1, -0.05) is 6.42 Å². The summed E-state index contributed by atoms with van der Waals surface area (Å²) < 4.78 is 5.22. The Balaban J connectivity index is 2.39. The fourth-order valence-corrected chi connectivity index (χ4v) is 1.51. The minimum Gasteiger partial charge on any atom is -0.460 e. The van der Waals surface area contributed by atoms with Crippen LogP contribution in [0.25, 0.3) is 0 Å². The lowest BCUT2D eigenvalue weighted by molar-refractivity contribution is -0.309. The van der Waals surface area contributed by atoms with E-state index in [1.54, 1.807) is 0 Å². The smallest absolute Gasteiger partial charge is 0.341 e. The van der Waals surface area contributed by atoms with Crippen LogP contribution in [0, 0.1) is 0 Å². The third kappa shape index (κ3) is 2.96. The average Bonchev–Trinajstić information content (AvgIpc) is 2.19. The van der Waals surface area contributed by atoms with Crippen molar-refractivity contribution in [3.63, 3.8) is 0 Å². The summed E-state index contributed by atoms with van der Waals surface area (Å²) in [6.07, 6.45) is 5.29. The van der Waals surface area contributed by atoms with Gasteiger partial charge in [0.1, 0.15) is 6.10 Å². The maximum atomic E-state index is 11.5. The number of hydrogen-bond donors (Lipinski definition) is 1. The molecule has 0 aromatic heterocycles. The standard InChI is InChI=1S/C10H18O4/c1-10(2,14-12)9(11)13-8-6-4-3-5-7-8/h8,12H,3-7H2,1-2H3. The zero-order chi connectivity index (χ0) is 10.6. The number of carbonyl (C=O) groups excluding carboxylic acids is 1. The molecule has 1 aliphatic carbocycles. The molecule has 0 heterocycles. The molecule has 4 nitrogen and oxygen atoms in total. The van der Waals surface area contributed by atoms with Crippen molar-refractivity contribution in [2.24, 2.45) is 0 Å². The summed E-state index contributed by atoms with van der Waals surface area (Å²) in [5.74, 6) is -0.494. The first-order chi connectivity index (χ1) is 6.56. The molecule has 0 saturated heterocycles. The zero-order valence-corrected chi connectivity index (χ0v) is 8.78. The molecule has 1 N–H and O–H groups in total. The van der Waals surface area contributed by atoms with Gasteiger partial charge < -0.3 is 4.74 Å². The van der Waals surface area contributed by atoms with Crippen molar-refractivity contribution >= 4 is 5.97 Å². The highest BCUT2D eigenvalue weighted by atomic mass is 17.1. The summed E-state index contributed by atoms with van der Waals surface area (Å²) in [5, 5.41) is 8.49. The molecule has 0 amide bonds. The van der Waals surface area contributed by atoms with Gasteiger partial charge in [0, 0.05) is 0 Å². The van der Waals surface area contributed by atoms with E-state index in [1.807, 2.05) is 0 Å². The van der Waals surface area contributed by atoms with Crippen LogP contribution >= 0.6 is 0 Å². The Hall–Kier alpha value is -0.610. The molecule has 1 fully saturated rings. The molecular formula is C10H18O4. The summed E-state index contributed by atoms with van der Waals surface area (Å²) in [7, 11) is 0. The van der Waals surface area contributed by atoms with Gasteiger partial charge in [0.2, 0.25) is 0 Å². The molecule has 0 aromatic carbocycles. The number of rotatable bonds is 3. The molecule has 4 heteroatoms. The van der Waals surface area contributed by atoms with Crippen molar-refractivity contribution in [1.82, 2.24) is 0 Å². The van der Waals surface area contributed by atoms with Crippen molar-refractivity contribution < 1.29 is 19.7 Å². The molecule has 0 radical (unpaired) electrons. The zero-order valence-electron chi connectivity index (χ0n) is 8.78. The first-order valence-electron chi connectivity index (χ1n) is 5.10. The van der Waals surface area contributed by atoms with Crippen LogP contribution in [-0.4, -0.2) is 22.9 Å². The second-order valence-corrected chi connectivity index (χ2v) is 4.27. The molecule has 0 spiro atoms. The van der Waals surface area contributed by atoms with Gasteiger partial charge in [0.15, 0.2) is 5.60 Å². The lowest BCUT2D eigenvalue weighted by Crippen LogP contribution is -2.38. The minimum atomic E-state index is -1.25. The fraction of sp³-hybridized carbons (Fsp3) is 0.900. The van der Waals surface area contributed by atoms with Gasteiger partial charge in [-0.25, -0.2) is 9.68 Å². The van der Waals surface area contributed by atoms with E-state index in [9.17, 15) is 4.79 Å². The van der Waals surface area contributed by atoms with E-state index in [4.69, 9.17) is 9.99 Å². The number of carbonyl (C=O) groups is 1. The average molecular weight is 202 g/mol. The second-order valence-electron chi connectivity index (χ2n) is 4.27. The number of esters is 1. The first kappa shape index (κ1) is 11.5. The summed E-state index contributed by atoms with van der Waals surface area (Å²) >= 11 is 0. The first-order valence-corrected chi connectivity index (χ1v) is 5.10. The van der Waals surface area contributed by atoms with Crippen LogP contribution in [0.1, 0.15) is 46.0 Å². The van der Waals surface area contributed by atoms with E-state index in [2.05, 4.69) is 4.89 Å². The van der Waals surface area contributed by atoms with Crippen molar-refractivity contribution in [2.75, 3.05) is 0 Å². The molecule has 1 rings (SSSR count). The van der Waals surface area contributed by atoms with Crippen LogP contribution in [-0.2, 0) is 14.4 Å². The fourth-order valence-electron chi connectivity index (χ4n) is 1.51. The van der Waals surface area contributed by atoms with Gasteiger partial charge in [-0.15, -0.1) is 0 Å². The number of hydrogen-bond acceptors (Lipinski definition) is 4. The van der Waals surface area contributed by atoms with Gasteiger partial charge in [-0.3, -0.25) is 5.26 Å². The topological polar surface area (TPSA) is 55.8 Å². The lowest BCUT2D eigenvalue weighted by Gasteiger charge is -2.26. The second kappa shape index (κ2) is 4.75. The SMILES string of the molecule is CC(C)(OO)C(=O)OC1CCCCC1.